The lowest BCUT2D eigenvalue weighted by molar-refractivity contribution is 0.887. The molecule has 0 radical (unpaired) electrons. The van der Waals surface area contributed by atoms with Crippen LogP contribution in [0.1, 0.15) is 31.5 Å². The molecule has 1 aliphatic rings. The van der Waals surface area contributed by atoms with E-state index in [1.807, 2.05) is 0 Å². The number of rotatable bonds is 2. The summed E-state index contributed by atoms with van der Waals surface area (Å²) in [6.45, 7) is 4.38. The van der Waals surface area contributed by atoms with Crippen LogP contribution in [0.4, 0.5) is 5.69 Å². The fraction of sp³-hybridized carbons (Fsp3) is 0.400. The van der Waals surface area contributed by atoms with E-state index in [-0.39, 0.29) is 0 Å². The van der Waals surface area contributed by atoms with Gasteiger partial charge in [0.15, 0.2) is 0 Å². The van der Waals surface area contributed by atoms with Crippen LogP contribution in [0.3, 0.4) is 0 Å². The van der Waals surface area contributed by atoms with Crippen molar-refractivity contribution in [3.8, 4) is 0 Å². The maximum atomic E-state index is 4.78. The van der Waals surface area contributed by atoms with Gasteiger partial charge in [-0.3, -0.25) is 4.98 Å². The van der Waals surface area contributed by atoms with Gasteiger partial charge in [0.05, 0.1) is 5.52 Å². The topological polar surface area (TPSA) is 24.9 Å². The van der Waals surface area contributed by atoms with Crippen LogP contribution in [0, 0.1) is 0 Å². The number of anilines is 1. The molecule has 0 amide bonds. The SMILES string of the molecule is CC(C)Nc1c2c(nc3ccccc13)CCC2. The van der Waals surface area contributed by atoms with Gasteiger partial charge >= 0.3 is 0 Å². The summed E-state index contributed by atoms with van der Waals surface area (Å²) in [4.78, 5) is 4.78. The molecule has 1 aromatic heterocycles. The predicted octanol–water partition coefficient (Wildman–Crippen LogP) is 3.54. The number of aryl methyl sites for hydroxylation is 1. The standard InChI is InChI=1S/C15H18N2/c1-10(2)16-15-11-6-3-4-8-13(11)17-14-9-5-7-12(14)15/h3-4,6,8,10H,5,7,9H2,1-2H3,(H,16,17). The van der Waals surface area contributed by atoms with Crippen molar-refractivity contribution in [3.63, 3.8) is 0 Å². The van der Waals surface area contributed by atoms with E-state index < -0.39 is 0 Å². The van der Waals surface area contributed by atoms with Gasteiger partial charge in [-0.25, -0.2) is 0 Å². The van der Waals surface area contributed by atoms with E-state index in [1.165, 1.54) is 35.2 Å². The zero-order chi connectivity index (χ0) is 11.8. The van der Waals surface area contributed by atoms with Crippen LogP contribution in [0.15, 0.2) is 24.3 Å². The number of benzene rings is 1. The van der Waals surface area contributed by atoms with Crippen LogP contribution in [-0.4, -0.2) is 11.0 Å². The first kappa shape index (κ1) is 10.6. The molecular formula is C15H18N2. The van der Waals surface area contributed by atoms with Gasteiger partial charge in [-0.15, -0.1) is 0 Å². The predicted molar refractivity (Wildman–Crippen MR) is 72.5 cm³/mol. The highest BCUT2D eigenvalue weighted by molar-refractivity contribution is 5.93. The molecule has 0 bridgehead atoms. The molecule has 2 heteroatoms. The molecule has 1 heterocycles. The van der Waals surface area contributed by atoms with Gasteiger partial charge in [0, 0.05) is 22.8 Å². The Hall–Kier alpha value is -1.57. The number of nitrogens with zero attached hydrogens (tertiary/aromatic N) is 1. The van der Waals surface area contributed by atoms with Gasteiger partial charge in [0.1, 0.15) is 0 Å². The summed E-state index contributed by atoms with van der Waals surface area (Å²) in [6, 6.07) is 8.91. The van der Waals surface area contributed by atoms with Crippen LogP contribution in [0.25, 0.3) is 10.9 Å². The Morgan fingerprint density at radius 2 is 2.00 bits per heavy atom. The molecule has 3 rings (SSSR count). The van der Waals surface area contributed by atoms with Crippen molar-refractivity contribution in [2.75, 3.05) is 5.32 Å². The van der Waals surface area contributed by atoms with E-state index in [0.717, 1.165) is 11.9 Å². The summed E-state index contributed by atoms with van der Waals surface area (Å²) in [5, 5.41) is 4.87. The summed E-state index contributed by atoms with van der Waals surface area (Å²) in [5.74, 6) is 0. The van der Waals surface area contributed by atoms with Crippen LogP contribution in [0.2, 0.25) is 0 Å². The van der Waals surface area contributed by atoms with E-state index >= 15 is 0 Å². The van der Waals surface area contributed by atoms with Gasteiger partial charge in [-0.1, -0.05) is 18.2 Å². The molecule has 1 aliphatic carbocycles. The van der Waals surface area contributed by atoms with Gasteiger partial charge in [-0.05, 0) is 44.7 Å². The Bertz CT molecular complexity index is 558. The number of pyridine rings is 1. The summed E-state index contributed by atoms with van der Waals surface area (Å²) >= 11 is 0. The van der Waals surface area contributed by atoms with Crippen LogP contribution >= 0.6 is 0 Å². The smallest absolute Gasteiger partial charge is 0.0726 e. The monoisotopic (exact) mass is 226 g/mol. The van der Waals surface area contributed by atoms with Gasteiger partial charge in [0.25, 0.3) is 0 Å². The maximum Gasteiger partial charge on any atom is 0.0726 e. The van der Waals surface area contributed by atoms with Crippen LogP contribution < -0.4 is 5.32 Å². The van der Waals surface area contributed by atoms with Crippen LogP contribution in [-0.2, 0) is 12.8 Å². The third-order valence-electron chi connectivity index (χ3n) is 3.35. The second-order valence-corrected chi connectivity index (χ2v) is 5.08. The zero-order valence-corrected chi connectivity index (χ0v) is 10.5. The van der Waals surface area contributed by atoms with E-state index in [2.05, 4.69) is 43.4 Å². The number of para-hydroxylation sites is 1. The molecule has 0 unspecified atom stereocenters. The first-order valence-corrected chi connectivity index (χ1v) is 6.43. The van der Waals surface area contributed by atoms with Crippen molar-refractivity contribution in [2.45, 2.75) is 39.2 Å². The van der Waals surface area contributed by atoms with E-state index in [9.17, 15) is 0 Å². The highest BCUT2D eigenvalue weighted by Crippen LogP contribution is 2.34. The number of aromatic nitrogens is 1. The second kappa shape index (κ2) is 4.02. The molecule has 0 aliphatic heterocycles. The molecule has 0 fully saturated rings. The number of hydrogen-bond donors (Lipinski definition) is 1. The Balaban J connectivity index is 2.27. The molecule has 0 atom stereocenters. The van der Waals surface area contributed by atoms with Gasteiger partial charge in [-0.2, -0.15) is 0 Å². The van der Waals surface area contributed by atoms with Crippen molar-refractivity contribution in [1.82, 2.24) is 4.98 Å². The van der Waals surface area contributed by atoms with Crippen molar-refractivity contribution < 1.29 is 0 Å². The number of nitrogens with one attached hydrogen (secondary N) is 1. The fourth-order valence-electron chi connectivity index (χ4n) is 2.66. The molecule has 1 N–H and O–H groups in total. The molecule has 2 aromatic rings. The third kappa shape index (κ3) is 1.78. The summed E-state index contributed by atoms with van der Waals surface area (Å²) in [7, 11) is 0. The number of fused-ring (bicyclic) bond motifs is 2. The molecular weight excluding hydrogens is 208 g/mol. The lowest BCUT2D eigenvalue weighted by Gasteiger charge is -2.17. The minimum atomic E-state index is 0.463. The molecule has 88 valence electrons. The summed E-state index contributed by atoms with van der Waals surface area (Å²) in [5.41, 5.74) is 5.18. The lowest BCUT2D eigenvalue weighted by atomic mass is 10.1. The highest BCUT2D eigenvalue weighted by atomic mass is 14.9. The first-order valence-electron chi connectivity index (χ1n) is 6.43. The zero-order valence-electron chi connectivity index (χ0n) is 10.5. The minimum absolute atomic E-state index is 0.463. The highest BCUT2D eigenvalue weighted by Gasteiger charge is 2.19. The molecule has 0 saturated heterocycles. The molecule has 2 nitrogen and oxygen atoms in total. The third-order valence-corrected chi connectivity index (χ3v) is 3.35. The van der Waals surface area contributed by atoms with E-state index in [0.29, 0.717) is 6.04 Å². The van der Waals surface area contributed by atoms with Crippen molar-refractivity contribution in [2.24, 2.45) is 0 Å². The second-order valence-electron chi connectivity index (χ2n) is 5.08. The largest absolute Gasteiger partial charge is 0.382 e. The van der Waals surface area contributed by atoms with Gasteiger partial charge in [0.2, 0.25) is 0 Å². The first-order chi connectivity index (χ1) is 8.25. The van der Waals surface area contributed by atoms with Crippen molar-refractivity contribution in [3.05, 3.63) is 35.5 Å². The Morgan fingerprint density at radius 3 is 2.82 bits per heavy atom. The summed E-state index contributed by atoms with van der Waals surface area (Å²) in [6.07, 6.45) is 3.54. The maximum absolute atomic E-state index is 4.78. The Kier molecular flexibility index (Phi) is 2.50. The summed E-state index contributed by atoms with van der Waals surface area (Å²) < 4.78 is 0. The van der Waals surface area contributed by atoms with Crippen molar-refractivity contribution in [1.29, 1.82) is 0 Å². The average molecular weight is 226 g/mol. The quantitative estimate of drug-likeness (QED) is 0.847. The fourth-order valence-corrected chi connectivity index (χ4v) is 2.66. The Morgan fingerprint density at radius 1 is 1.18 bits per heavy atom. The molecule has 17 heavy (non-hydrogen) atoms. The lowest BCUT2D eigenvalue weighted by Crippen LogP contribution is -2.12. The normalized spacial score (nSPS) is 14.3. The van der Waals surface area contributed by atoms with E-state index in [1.54, 1.807) is 0 Å². The molecule has 0 spiro atoms. The van der Waals surface area contributed by atoms with Crippen molar-refractivity contribution >= 4 is 16.6 Å². The molecule has 0 saturated carbocycles. The van der Waals surface area contributed by atoms with Crippen LogP contribution in [0.5, 0.6) is 0 Å². The minimum Gasteiger partial charge on any atom is -0.382 e. The number of hydrogen-bond acceptors (Lipinski definition) is 2. The van der Waals surface area contributed by atoms with E-state index in [4.69, 9.17) is 4.98 Å². The molecule has 1 aromatic carbocycles. The Labute approximate surface area is 102 Å². The average Bonchev–Trinajstić information content (AvgIpc) is 2.76. The van der Waals surface area contributed by atoms with Gasteiger partial charge < -0.3 is 5.32 Å².